The number of benzene rings is 1. The van der Waals surface area contributed by atoms with Gasteiger partial charge in [-0.15, -0.1) is 11.8 Å². The van der Waals surface area contributed by atoms with E-state index >= 15 is 0 Å². The normalized spacial score (nSPS) is 12.5. The van der Waals surface area contributed by atoms with Gasteiger partial charge in [-0.2, -0.15) is 0 Å². The van der Waals surface area contributed by atoms with E-state index < -0.39 is 0 Å². The second-order valence-corrected chi connectivity index (χ2v) is 5.79. The maximum atomic E-state index is 11.7. The van der Waals surface area contributed by atoms with Crippen LogP contribution in [0.15, 0.2) is 29.2 Å². The van der Waals surface area contributed by atoms with Crippen molar-refractivity contribution < 1.29 is 4.79 Å². The monoisotopic (exact) mass is 266 g/mol. The molecule has 100 valence electrons. The summed E-state index contributed by atoms with van der Waals surface area (Å²) in [6.07, 6.45) is 0. The first-order chi connectivity index (χ1) is 8.52. The second kappa shape index (κ2) is 7.44. The van der Waals surface area contributed by atoms with Crippen molar-refractivity contribution in [3.8, 4) is 0 Å². The fraction of sp³-hybridized carbons (Fsp3) is 0.500. The number of nitrogens with one attached hydrogen (secondary N) is 1. The molecule has 1 unspecified atom stereocenters. The fourth-order valence-corrected chi connectivity index (χ4v) is 2.04. The lowest BCUT2D eigenvalue weighted by atomic mass is 10.1. The smallest absolute Gasteiger partial charge is 0.230 e. The Morgan fingerprint density at radius 3 is 2.39 bits per heavy atom. The molecule has 3 N–H and O–H groups in total. The Kier molecular flexibility index (Phi) is 6.22. The zero-order valence-corrected chi connectivity index (χ0v) is 12.1. The van der Waals surface area contributed by atoms with Crippen LogP contribution in [-0.4, -0.2) is 17.7 Å². The minimum absolute atomic E-state index is 0.0871. The lowest BCUT2D eigenvalue weighted by Crippen LogP contribution is -2.37. The van der Waals surface area contributed by atoms with Gasteiger partial charge < -0.3 is 11.1 Å². The van der Waals surface area contributed by atoms with Gasteiger partial charge in [-0.1, -0.05) is 26.0 Å². The molecule has 0 bridgehead atoms. The number of carbonyl (C=O) groups excluding carboxylic acids is 1. The molecule has 1 atom stereocenters. The highest BCUT2D eigenvalue weighted by molar-refractivity contribution is 8.00. The molecule has 18 heavy (non-hydrogen) atoms. The summed E-state index contributed by atoms with van der Waals surface area (Å²) in [5, 5.41) is 2.99. The third kappa shape index (κ3) is 5.10. The molecule has 1 amide bonds. The molecule has 0 saturated carbocycles. The molecule has 3 nitrogen and oxygen atoms in total. The Morgan fingerprint density at radius 2 is 1.89 bits per heavy atom. The average molecular weight is 266 g/mol. The topological polar surface area (TPSA) is 55.1 Å². The Hall–Kier alpha value is -1.00. The Labute approximate surface area is 114 Å². The van der Waals surface area contributed by atoms with Gasteiger partial charge in [-0.05, 0) is 30.5 Å². The van der Waals surface area contributed by atoms with Gasteiger partial charge in [0.2, 0.25) is 5.91 Å². The molecule has 0 saturated heterocycles. The Bertz CT molecular complexity index is 376. The predicted octanol–water partition coefficient (Wildman–Crippen LogP) is 2.40. The minimum Gasteiger partial charge on any atom is -0.353 e. The van der Waals surface area contributed by atoms with Crippen molar-refractivity contribution in [1.82, 2.24) is 5.32 Å². The maximum Gasteiger partial charge on any atom is 0.230 e. The lowest BCUT2D eigenvalue weighted by Gasteiger charge is -2.17. The van der Waals surface area contributed by atoms with Crippen molar-refractivity contribution in [3.05, 3.63) is 29.8 Å². The van der Waals surface area contributed by atoms with E-state index in [1.807, 2.05) is 31.2 Å². The Balaban J connectivity index is 2.37. The van der Waals surface area contributed by atoms with Crippen LogP contribution in [0.1, 0.15) is 26.3 Å². The summed E-state index contributed by atoms with van der Waals surface area (Å²) in [4.78, 5) is 12.8. The summed E-state index contributed by atoms with van der Waals surface area (Å²) < 4.78 is 0. The molecule has 0 aromatic heterocycles. The standard InChI is InChI=1S/C14H22N2OS/c1-10(2)11(3)16-14(17)9-18-13-6-4-12(8-15)5-7-13/h4-7,10-11H,8-9,15H2,1-3H3,(H,16,17). The molecule has 0 radical (unpaired) electrons. The number of amides is 1. The summed E-state index contributed by atoms with van der Waals surface area (Å²) in [5.74, 6) is 1.01. The van der Waals surface area contributed by atoms with Crippen LogP contribution >= 0.6 is 11.8 Å². The fourth-order valence-electron chi connectivity index (χ4n) is 1.33. The van der Waals surface area contributed by atoms with Gasteiger partial charge in [0, 0.05) is 17.5 Å². The van der Waals surface area contributed by atoms with E-state index in [1.165, 1.54) is 0 Å². The van der Waals surface area contributed by atoms with Crippen LogP contribution in [-0.2, 0) is 11.3 Å². The van der Waals surface area contributed by atoms with Crippen molar-refractivity contribution in [2.45, 2.75) is 38.3 Å². The first kappa shape index (κ1) is 15.1. The molecule has 0 spiro atoms. The first-order valence-corrected chi connectivity index (χ1v) is 7.22. The summed E-state index contributed by atoms with van der Waals surface area (Å²) >= 11 is 1.55. The zero-order chi connectivity index (χ0) is 13.5. The maximum absolute atomic E-state index is 11.7. The van der Waals surface area contributed by atoms with Crippen LogP contribution < -0.4 is 11.1 Å². The number of thioether (sulfide) groups is 1. The molecule has 0 aliphatic heterocycles. The highest BCUT2D eigenvalue weighted by Gasteiger charge is 2.10. The van der Waals surface area contributed by atoms with Crippen LogP contribution in [0, 0.1) is 5.92 Å². The van der Waals surface area contributed by atoms with Gasteiger partial charge >= 0.3 is 0 Å². The molecule has 0 fully saturated rings. The van der Waals surface area contributed by atoms with Gasteiger partial charge in [0.1, 0.15) is 0 Å². The second-order valence-electron chi connectivity index (χ2n) is 4.74. The molecular weight excluding hydrogens is 244 g/mol. The van der Waals surface area contributed by atoms with E-state index in [4.69, 9.17) is 5.73 Å². The van der Waals surface area contributed by atoms with E-state index in [0.29, 0.717) is 18.2 Å². The van der Waals surface area contributed by atoms with E-state index in [0.717, 1.165) is 10.5 Å². The van der Waals surface area contributed by atoms with Crippen LogP contribution in [0.25, 0.3) is 0 Å². The highest BCUT2D eigenvalue weighted by Crippen LogP contribution is 2.18. The molecule has 1 aromatic carbocycles. The number of hydrogen-bond donors (Lipinski definition) is 2. The molecule has 1 rings (SSSR count). The van der Waals surface area contributed by atoms with Crippen molar-refractivity contribution >= 4 is 17.7 Å². The van der Waals surface area contributed by atoms with Crippen LogP contribution in [0.5, 0.6) is 0 Å². The third-order valence-electron chi connectivity index (χ3n) is 2.92. The highest BCUT2D eigenvalue weighted by atomic mass is 32.2. The first-order valence-electron chi connectivity index (χ1n) is 6.24. The largest absolute Gasteiger partial charge is 0.353 e. The molecule has 0 aliphatic rings. The van der Waals surface area contributed by atoms with Crippen LogP contribution in [0.2, 0.25) is 0 Å². The van der Waals surface area contributed by atoms with E-state index in [2.05, 4.69) is 19.2 Å². The molecule has 0 aliphatic carbocycles. The number of nitrogens with two attached hydrogens (primary N) is 1. The zero-order valence-electron chi connectivity index (χ0n) is 11.3. The van der Waals surface area contributed by atoms with E-state index in [9.17, 15) is 4.79 Å². The third-order valence-corrected chi connectivity index (χ3v) is 3.93. The SMILES string of the molecule is CC(C)C(C)NC(=O)CSc1ccc(CN)cc1. The summed E-state index contributed by atoms with van der Waals surface area (Å²) in [7, 11) is 0. The predicted molar refractivity (Wildman–Crippen MR) is 77.5 cm³/mol. The summed E-state index contributed by atoms with van der Waals surface area (Å²) in [5.41, 5.74) is 6.64. The molecule has 0 heterocycles. The van der Waals surface area contributed by atoms with Crippen LogP contribution in [0.3, 0.4) is 0 Å². The molecular formula is C14H22N2OS. The van der Waals surface area contributed by atoms with Gasteiger partial charge in [0.25, 0.3) is 0 Å². The lowest BCUT2D eigenvalue weighted by molar-refractivity contribution is -0.119. The molecule has 1 aromatic rings. The van der Waals surface area contributed by atoms with E-state index in [-0.39, 0.29) is 11.9 Å². The minimum atomic E-state index is 0.0871. The number of carbonyl (C=O) groups is 1. The van der Waals surface area contributed by atoms with Gasteiger partial charge in [-0.25, -0.2) is 0 Å². The summed E-state index contributed by atoms with van der Waals surface area (Å²) in [6.45, 7) is 6.79. The van der Waals surface area contributed by atoms with Crippen molar-refractivity contribution in [1.29, 1.82) is 0 Å². The van der Waals surface area contributed by atoms with Crippen molar-refractivity contribution in [3.63, 3.8) is 0 Å². The van der Waals surface area contributed by atoms with Gasteiger partial charge in [-0.3, -0.25) is 4.79 Å². The molecule has 4 heteroatoms. The van der Waals surface area contributed by atoms with E-state index in [1.54, 1.807) is 11.8 Å². The van der Waals surface area contributed by atoms with Crippen LogP contribution in [0.4, 0.5) is 0 Å². The van der Waals surface area contributed by atoms with Crippen molar-refractivity contribution in [2.75, 3.05) is 5.75 Å². The van der Waals surface area contributed by atoms with Gasteiger partial charge in [0.15, 0.2) is 0 Å². The number of hydrogen-bond acceptors (Lipinski definition) is 3. The van der Waals surface area contributed by atoms with Gasteiger partial charge in [0.05, 0.1) is 5.75 Å². The van der Waals surface area contributed by atoms with Crippen molar-refractivity contribution in [2.24, 2.45) is 11.7 Å². The quantitative estimate of drug-likeness (QED) is 0.777. The average Bonchev–Trinajstić information content (AvgIpc) is 2.36. The number of rotatable bonds is 6. The summed E-state index contributed by atoms with van der Waals surface area (Å²) in [6, 6.07) is 8.23. The Morgan fingerprint density at radius 1 is 1.28 bits per heavy atom.